The van der Waals surface area contributed by atoms with Crippen LogP contribution in [0.5, 0.6) is 5.75 Å². The van der Waals surface area contributed by atoms with E-state index in [-0.39, 0.29) is 11.5 Å². The van der Waals surface area contributed by atoms with Gasteiger partial charge in [0.2, 0.25) is 0 Å². The Morgan fingerprint density at radius 1 is 1.25 bits per heavy atom. The van der Waals surface area contributed by atoms with Gasteiger partial charge in [-0.15, -0.1) is 0 Å². The van der Waals surface area contributed by atoms with Gasteiger partial charge in [0, 0.05) is 13.7 Å². The smallest absolute Gasteiger partial charge is 0.134 e. The zero-order chi connectivity index (χ0) is 15.0. The van der Waals surface area contributed by atoms with E-state index in [0.717, 1.165) is 25.3 Å². The highest BCUT2D eigenvalue weighted by Crippen LogP contribution is 2.26. The number of hydrogen-bond acceptors (Lipinski definition) is 3. The molecule has 0 radical (unpaired) electrons. The van der Waals surface area contributed by atoms with Crippen molar-refractivity contribution in [3.05, 3.63) is 29.8 Å². The molecule has 0 saturated carbocycles. The molecule has 1 N–H and O–H groups in total. The zero-order valence-electron chi connectivity index (χ0n) is 13.5. The fraction of sp³-hybridized carbons (Fsp3) is 0.647. The van der Waals surface area contributed by atoms with Gasteiger partial charge in [-0.2, -0.15) is 0 Å². The van der Waals surface area contributed by atoms with Crippen LogP contribution in [0.4, 0.5) is 0 Å². The molecule has 0 amide bonds. The molecule has 0 bridgehead atoms. The van der Waals surface area contributed by atoms with Gasteiger partial charge in [-0.3, -0.25) is 0 Å². The molecule has 20 heavy (non-hydrogen) atoms. The first-order valence-electron chi connectivity index (χ1n) is 7.44. The van der Waals surface area contributed by atoms with Crippen LogP contribution in [0, 0.1) is 0 Å². The summed E-state index contributed by atoms with van der Waals surface area (Å²) in [5.41, 5.74) is 1.42. The van der Waals surface area contributed by atoms with E-state index in [4.69, 9.17) is 9.47 Å². The van der Waals surface area contributed by atoms with E-state index in [1.165, 1.54) is 5.56 Å². The molecular formula is C17H29NO2. The van der Waals surface area contributed by atoms with Crippen molar-refractivity contribution in [2.75, 3.05) is 26.8 Å². The SMILES string of the molecule is CCCNCC(COC)Oc1cccc(C(C)(C)C)c1. The van der Waals surface area contributed by atoms with Crippen molar-refractivity contribution in [3.8, 4) is 5.75 Å². The van der Waals surface area contributed by atoms with Crippen LogP contribution < -0.4 is 10.1 Å². The number of hydrogen-bond donors (Lipinski definition) is 1. The third-order valence-electron chi connectivity index (χ3n) is 3.15. The molecule has 0 fully saturated rings. The fourth-order valence-corrected chi connectivity index (χ4v) is 1.99. The molecule has 0 aliphatic carbocycles. The van der Waals surface area contributed by atoms with Crippen molar-refractivity contribution >= 4 is 0 Å². The van der Waals surface area contributed by atoms with Gasteiger partial charge in [-0.05, 0) is 36.1 Å². The van der Waals surface area contributed by atoms with Crippen molar-refractivity contribution < 1.29 is 9.47 Å². The Morgan fingerprint density at radius 2 is 2.00 bits per heavy atom. The van der Waals surface area contributed by atoms with Crippen molar-refractivity contribution in [1.82, 2.24) is 5.32 Å². The third-order valence-corrected chi connectivity index (χ3v) is 3.15. The van der Waals surface area contributed by atoms with Gasteiger partial charge in [0.15, 0.2) is 0 Å². The van der Waals surface area contributed by atoms with Crippen molar-refractivity contribution in [1.29, 1.82) is 0 Å². The first-order chi connectivity index (χ1) is 9.47. The minimum Gasteiger partial charge on any atom is -0.487 e. The summed E-state index contributed by atoms with van der Waals surface area (Å²) in [5, 5.41) is 3.38. The predicted molar refractivity (Wildman–Crippen MR) is 84.6 cm³/mol. The monoisotopic (exact) mass is 279 g/mol. The van der Waals surface area contributed by atoms with Crippen LogP contribution in [0.1, 0.15) is 39.7 Å². The molecule has 1 rings (SSSR count). The number of methoxy groups -OCH3 is 1. The lowest BCUT2D eigenvalue weighted by molar-refractivity contribution is 0.0806. The lowest BCUT2D eigenvalue weighted by atomic mass is 9.87. The standard InChI is InChI=1S/C17H29NO2/c1-6-10-18-12-16(13-19-5)20-15-9-7-8-14(11-15)17(2,3)4/h7-9,11,16,18H,6,10,12-13H2,1-5H3. The van der Waals surface area contributed by atoms with E-state index >= 15 is 0 Å². The molecule has 0 aliphatic heterocycles. The summed E-state index contributed by atoms with van der Waals surface area (Å²) < 4.78 is 11.3. The highest BCUT2D eigenvalue weighted by Gasteiger charge is 2.15. The Morgan fingerprint density at radius 3 is 2.60 bits per heavy atom. The Labute approximate surface area is 123 Å². The summed E-state index contributed by atoms with van der Waals surface area (Å²) >= 11 is 0. The highest BCUT2D eigenvalue weighted by atomic mass is 16.5. The quantitative estimate of drug-likeness (QED) is 0.740. The van der Waals surface area contributed by atoms with Crippen molar-refractivity contribution in [3.63, 3.8) is 0 Å². The molecule has 0 aromatic heterocycles. The molecule has 3 heteroatoms. The Hall–Kier alpha value is -1.06. The molecule has 0 saturated heterocycles. The Kier molecular flexibility index (Phi) is 7.03. The van der Waals surface area contributed by atoms with Crippen LogP contribution in [0.15, 0.2) is 24.3 Å². The minimum absolute atomic E-state index is 0.0433. The van der Waals surface area contributed by atoms with Crippen LogP contribution >= 0.6 is 0 Å². The Balaban J connectivity index is 2.67. The average Bonchev–Trinajstić information content (AvgIpc) is 2.38. The van der Waals surface area contributed by atoms with Gasteiger partial charge in [0.1, 0.15) is 11.9 Å². The molecule has 1 aromatic carbocycles. The first-order valence-corrected chi connectivity index (χ1v) is 7.44. The van der Waals surface area contributed by atoms with Crippen LogP contribution in [0.25, 0.3) is 0 Å². The van der Waals surface area contributed by atoms with Crippen molar-refractivity contribution in [2.45, 2.75) is 45.6 Å². The van der Waals surface area contributed by atoms with Crippen LogP contribution in [-0.2, 0) is 10.2 Å². The second-order valence-corrected chi connectivity index (χ2v) is 6.18. The van der Waals surface area contributed by atoms with Crippen LogP contribution in [-0.4, -0.2) is 32.9 Å². The van der Waals surface area contributed by atoms with E-state index in [0.29, 0.717) is 6.61 Å². The van der Waals surface area contributed by atoms with Gasteiger partial charge in [-0.1, -0.05) is 39.8 Å². The molecule has 1 atom stereocenters. The first kappa shape index (κ1) is 17.0. The van der Waals surface area contributed by atoms with Gasteiger partial charge in [0.05, 0.1) is 6.61 Å². The summed E-state index contributed by atoms with van der Waals surface area (Å²) in [6.45, 7) is 11.2. The van der Waals surface area contributed by atoms with E-state index in [1.54, 1.807) is 7.11 Å². The van der Waals surface area contributed by atoms with Gasteiger partial charge < -0.3 is 14.8 Å². The largest absolute Gasteiger partial charge is 0.487 e. The average molecular weight is 279 g/mol. The number of benzene rings is 1. The number of rotatable bonds is 8. The molecular weight excluding hydrogens is 250 g/mol. The second-order valence-electron chi connectivity index (χ2n) is 6.18. The van der Waals surface area contributed by atoms with Gasteiger partial charge in [-0.25, -0.2) is 0 Å². The van der Waals surface area contributed by atoms with Crippen LogP contribution in [0.3, 0.4) is 0 Å². The lowest BCUT2D eigenvalue weighted by Crippen LogP contribution is -2.35. The maximum atomic E-state index is 6.05. The van der Waals surface area contributed by atoms with E-state index in [1.807, 2.05) is 6.07 Å². The maximum Gasteiger partial charge on any atom is 0.134 e. The lowest BCUT2D eigenvalue weighted by Gasteiger charge is -2.22. The normalized spacial score (nSPS) is 13.2. The maximum absolute atomic E-state index is 6.05. The topological polar surface area (TPSA) is 30.5 Å². The van der Waals surface area contributed by atoms with E-state index in [9.17, 15) is 0 Å². The summed E-state index contributed by atoms with van der Waals surface area (Å²) in [5.74, 6) is 0.915. The van der Waals surface area contributed by atoms with Gasteiger partial charge >= 0.3 is 0 Å². The molecule has 1 unspecified atom stereocenters. The zero-order valence-corrected chi connectivity index (χ0v) is 13.5. The predicted octanol–water partition coefficient (Wildman–Crippen LogP) is 3.38. The van der Waals surface area contributed by atoms with Crippen LogP contribution in [0.2, 0.25) is 0 Å². The molecule has 114 valence electrons. The number of ether oxygens (including phenoxy) is 2. The minimum atomic E-state index is 0.0433. The summed E-state index contributed by atoms with van der Waals surface area (Å²) in [6.07, 6.45) is 1.17. The van der Waals surface area contributed by atoms with Gasteiger partial charge in [0.25, 0.3) is 0 Å². The summed E-state index contributed by atoms with van der Waals surface area (Å²) in [6, 6.07) is 8.34. The third kappa shape index (κ3) is 5.93. The number of nitrogens with one attached hydrogen (secondary N) is 1. The highest BCUT2D eigenvalue weighted by molar-refractivity contribution is 5.32. The fourth-order valence-electron chi connectivity index (χ4n) is 1.99. The summed E-state index contributed by atoms with van der Waals surface area (Å²) in [4.78, 5) is 0. The summed E-state index contributed by atoms with van der Waals surface area (Å²) in [7, 11) is 1.71. The molecule has 3 nitrogen and oxygen atoms in total. The van der Waals surface area contributed by atoms with E-state index in [2.05, 4.69) is 51.2 Å². The second kappa shape index (κ2) is 8.28. The molecule has 1 aromatic rings. The molecule has 0 heterocycles. The van der Waals surface area contributed by atoms with E-state index < -0.39 is 0 Å². The molecule has 0 aliphatic rings. The Bertz CT molecular complexity index is 385. The van der Waals surface area contributed by atoms with Crippen molar-refractivity contribution in [2.24, 2.45) is 0 Å². The molecule has 0 spiro atoms.